The van der Waals surface area contributed by atoms with E-state index in [0.29, 0.717) is 18.8 Å². The highest BCUT2D eigenvalue weighted by Crippen LogP contribution is 2.29. The van der Waals surface area contributed by atoms with Crippen LogP contribution in [0.25, 0.3) is 0 Å². The fourth-order valence-corrected chi connectivity index (χ4v) is 3.43. The molecule has 0 aliphatic carbocycles. The van der Waals surface area contributed by atoms with E-state index in [4.69, 9.17) is 14.0 Å². The largest absolute Gasteiger partial charge is 0.382 e. The zero-order chi connectivity index (χ0) is 25.6. The fraction of sp³-hybridized carbons (Fsp3) is 0.696. The number of carbonyl (C=O) groups excluding carboxylic acids is 4. The normalized spacial score (nSPS) is 19.9. The van der Waals surface area contributed by atoms with Crippen molar-refractivity contribution in [1.82, 2.24) is 21.1 Å². The lowest BCUT2D eigenvalue weighted by Crippen LogP contribution is -2.59. The molecule has 3 N–H and O–H groups in total. The smallest absolute Gasteiger partial charge is 0.274 e. The van der Waals surface area contributed by atoms with Gasteiger partial charge in [-0.1, -0.05) is 32.9 Å². The molecule has 11 heteroatoms. The van der Waals surface area contributed by atoms with Crippen LogP contribution in [0.1, 0.15) is 57.3 Å². The van der Waals surface area contributed by atoms with Gasteiger partial charge in [0.15, 0.2) is 11.5 Å². The molecule has 4 atom stereocenters. The van der Waals surface area contributed by atoms with E-state index in [-0.39, 0.29) is 29.9 Å². The van der Waals surface area contributed by atoms with Crippen LogP contribution in [0.15, 0.2) is 10.6 Å². The first-order chi connectivity index (χ1) is 15.9. The summed E-state index contributed by atoms with van der Waals surface area (Å²) in [6.45, 7) is 11.0. The van der Waals surface area contributed by atoms with Crippen LogP contribution < -0.4 is 16.0 Å². The lowest BCUT2D eigenvalue weighted by Gasteiger charge is -2.27. The summed E-state index contributed by atoms with van der Waals surface area (Å²) in [5, 5.41) is 11.7. The number of hydrogen-bond donors (Lipinski definition) is 3. The van der Waals surface area contributed by atoms with Crippen molar-refractivity contribution in [3.8, 4) is 0 Å². The first kappa shape index (κ1) is 27.5. The van der Waals surface area contributed by atoms with Crippen LogP contribution in [0.2, 0.25) is 0 Å². The van der Waals surface area contributed by atoms with Crippen molar-refractivity contribution in [2.75, 3.05) is 20.3 Å². The number of ether oxygens (including phenoxy) is 2. The van der Waals surface area contributed by atoms with Crippen molar-refractivity contribution in [3.05, 3.63) is 17.5 Å². The molecule has 1 aliphatic rings. The van der Waals surface area contributed by atoms with E-state index in [9.17, 15) is 19.2 Å². The van der Waals surface area contributed by atoms with E-state index in [0.717, 1.165) is 0 Å². The second-order valence-corrected chi connectivity index (χ2v) is 9.61. The van der Waals surface area contributed by atoms with E-state index in [1.165, 1.54) is 13.2 Å². The monoisotopic (exact) mass is 480 g/mol. The van der Waals surface area contributed by atoms with Crippen LogP contribution in [0.3, 0.4) is 0 Å². The number of nitrogens with zero attached hydrogens (tertiary/aromatic N) is 1. The Kier molecular flexibility index (Phi) is 9.34. The molecule has 190 valence electrons. The number of ketones is 1. The quantitative estimate of drug-likeness (QED) is 0.350. The average Bonchev–Trinajstić information content (AvgIpc) is 3.35. The maximum atomic E-state index is 13.0. The van der Waals surface area contributed by atoms with Gasteiger partial charge in [0, 0.05) is 13.2 Å². The second-order valence-electron chi connectivity index (χ2n) is 9.61. The molecule has 0 unspecified atom stereocenters. The Morgan fingerprint density at radius 1 is 1.09 bits per heavy atom. The molecule has 0 bridgehead atoms. The summed E-state index contributed by atoms with van der Waals surface area (Å²) in [6.07, 6.45) is 0.430. The number of hydrogen-bond acceptors (Lipinski definition) is 8. The highest BCUT2D eigenvalue weighted by Gasteiger charge is 2.50. The van der Waals surface area contributed by atoms with E-state index in [1.54, 1.807) is 27.7 Å². The van der Waals surface area contributed by atoms with E-state index in [2.05, 4.69) is 21.1 Å². The van der Waals surface area contributed by atoms with Gasteiger partial charge in [-0.25, -0.2) is 0 Å². The van der Waals surface area contributed by atoms with Gasteiger partial charge in [0.1, 0.15) is 23.4 Å². The topological polar surface area (TPSA) is 152 Å². The van der Waals surface area contributed by atoms with Crippen LogP contribution in [0, 0.1) is 18.8 Å². The SMILES string of the molecule is COC[C@H](NC(=O)[C@@H](NC(=O)c1cc(C)on1)C(C)C)C(=O)N[C@@H](CC(C)C)C(=O)[C@@]1(C)CO1. The molecule has 11 nitrogen and oxygen atoms in total. The third kappa shape index (κ3) is 7.36. The van der Waals surface area contributed by atoms with Gasteiger partial charge in [-0.3, -0.25) is 19.2 Å². The van der Waals surface area contributed by atoms with E-state index >= 15 is 0 Å². The summed E-state index contributed by atoms with van der Waals surface area (Å²) in [7, 11) is 1.40. The number of nitrogens with one attached hydrogen (secondary N) is 3. The predicted molar refractivity (Wildman–Crippen MR) is 122 cm³/mol. The molecular weight excluding hydrogens is 444 g/mol. The molecule has 0 aromatic carbocycles. The molecule has 0 saturated carbocycles. The molecule has 34 heavy (non-hydrogen) atoms. The lowest BCUT2D eigenvalue weighted by atomic mass is 9.93. The Labute approximate surface area is 199 Å². The van der Waals surface area contributed by atoms with Gasteiger partial charge in [0.2, 0.25) is 11.8 Å². The third-order valence-electron chi connectivity index (χ3n) is 5.50. The van der Waals surface area contributed by atoms with Crippen molar-refractivity contribution in [2.45, 2.75) is 71.7 Å². The van der Waals surface area contributed by atoms with Crippen LogP contribution >= 0.6 is 0 Å². The zero-order valence-corrected chi connectivity index (χ0v) is 20.9. The summed E-state index contributed by atoms with van der Waals surface area (Å²) in [5.41, 5.74) is -0.841. The Bertz CT molecular complexity index is 892. The van der Waals surface area contributed by atoms with Crippen LogP contribution in [-0.2, 0) is 23.9 Å². The lowest BCUT2D eigenvalue weighted by molar-refractivity contribution is -0.134. The van der Waals surface area contributed by atoms with Gasteiger partial charge in [-0.15, -0.1) is 0 Å². The van der Waals surface area contributed by atoms with Gasteiger partial charge >= 0.3 is 0 Å². The van der Waals surface area contributed by atoms with Crippen molar-refractivity contribution in [2.24, 2.45) is 11.8 Å². The molecule has 2 heterocycles. The molecule has 1 saturated heterocycles. The summed E-state index contributed by atoms with van der Waals surface area (Å²) in [4.78, 5) is 51.4. The molecule has 1 aromatic rings. The molecule has 1 aromatic heterocycles. The molecule has 0 radical (unpaired) electrons. The number of aromatic nitrogens is 1. The summed E-state index contributed by atoms with van der Waals surface area (Å²) < 4.78 is 15.3. The van der Waals surface area contributed by atoms with Gasteiger partial charge in [-0.05, 0) is 32.1 Å². The Morgan fingerprint density at radius 2 is 1.71 bits per heavy atom. The standard InChI is InChI=1S/C23H36N4O7/c1-12(2)8-15(19(28)23(6)11-33-23)24-21(30)17(10-32-7)25-22(31)18(13(3)4)26-20(29)16-9-14(5)34-27-16/h9,12-13,15,17-18H,8,10-11H2,1-7H3,(H,24,30)(H,25,31)(H,26,29)/t15-,17-,18-,23+/m0/s1. The van der Waals surface area contributed by atoms with Crippen LogP contribution in [0.4, 0.5) is 0 Å². The first-order valence-corrected chi connectivity index (χ1v) is 11.4. The van der Waals surface area contributed by atoms with Gasteiger partial charge in [0.25, 0.3) is 5.91 Å². The highest BCUT2D eigenvalue weighted by molar-refractivity contribution is 5.99. The second kappa shape index (κ2) is 11.6. The summed E-state index contributed by atoms with van der Waals surface area (Å²) in [6, 6.07) is -1.31. The van der Waals surface area contributed by atoms with Gasteiger partial charge < -0.3 is 29.9 Å². The molecule has 3 amide bonds. The van der Waals surface area contributed by atoms with Crippen molar-refractivity contribution >= 4 is 23.5 Å². The Hall–Kier alpha value is -2.79. The fourth-order valence-electron chi connectivity index (χ4n) is 3.43. The van der Waals surface area contributed by atoms with Crippen LogP contribution in [-0.4, -0.2) is 72.7 Å². The zero-order valence-electron chi connectivity index (χ0n) is 20.9. The Balaban J connectivity index is 2.10. The molecule has 2 rings (SSSR count). The van der Waals surface area contributed by atoms with Crippen molar-refractivity contribution < 1.29 is 33.2 Å². The van der Waals surface area contributed by atoms with Gasteiger partial charge in [-0.2, -0.15) is 0 Å². The minimum atomic E-state index is -1.07. The number of rotatable bonds is 13. The number of epoxide rings is 1. The van der Waals surface area contributed by atoms with E-state index < -0.39 is 41.4 Å². The van der Waals surface area contributed by atoms with Crippen molar-refractivity contribution in [3.63, 3.8) is 0 Å². The third-order valence-corrected chi connectivity index (χ3v) is 5.50. The van der Waals surface area contributed by atoms with E-state index in [1.807, 2.05) is 13.8 Å². The first-order valence-electron chi connectivity index (χ1n) is 11.4. The molecule has 1 fully saturated rings. The number of amides is 3. The summed E-state index contributed by atoms with van der Waals surface area (Å²) >= 11 is 0. The number of carbonyl (C=O) groups is 4. The number of Topliss-reactive ketones (excluding diaryl/α,β-unsaturated/α-hetero) is 1. The maximum Gasteiger partial charge on any atom is 0.274 e. The molecule has 1 aliphatic heterocycles. The maximum absolute atomic E-state index is 13.0. The van der Waals surface area contributed by atoms with Crippen molar-refractivity contribution in [1.29, 1.82) is 0 Å². The summed E-state index contributed by atoms with van der Waals surface area (Å²) in [5.74, 6) is -1.57. The predicted octanol–water partition coefficient (Wildman–Crippen LogP) is 0.758. The number of aryl methyl sites for hydroxylation is 1. The minimum Gasteiger partial charge on any atom is -0.382 e. The van der Waals surface area contributed by atoms with Gasteiger partial charge in [0.05, 0.1) is 19.3 Å². The minimum absolute atomic E-state index is 0.0490. The highest BCUT2D eigenvalue weighted by atomic mass is 16.6. The Morgan fingerprint density at radius 3 is 2.18 bits per heavy atom. The van der Waals surface area contributed by atoms with Crippen LogP contribution in [0.5, 0.6) is 0 Å². The molecule has 0 spiro atoms. The number of methoxy groups -OCH3 is 1. The average molecular weight is 481 g/mol. The molecular formula is C23H36N4O7.